The van der Waals surface area contributed by atoms with Gasteiger partial charge < -0.3 is 0 Å². The summed E-state index contributed by atoms with van der Waals surface area (Å²) < 4.78 is 27.3. The van der Waals surface area contributed by atoms with Gasteiger partial charge in [-0.05, 0) is 36.8 Å². The predicted molar refractivity (Wildman–Crippen MR) is 93.4 cm³/mol. The lowest BCUT2D eigenvalue weighted by atomic mass is 10.2. The van der Waals surface area contributed by atoms with Crippen molar-refractivity contribution in [1.82, 2.24) is 4.31 Å². The van der Waals surface area contributed by atoms with Gasteiger partial charge in [-0.25, -0.2) is 8.42 Å². The van der Waals surface area contributed by atoms with E-state index in [-0.39, 0.29) is 16.0 Å². The standard InChI is InChI=1S/C16H16N2O4S2/c1-12-2-8-15(9-3-12)24(21,22)17-10-11-23-16(17)13-4-6-14(7-5-13)18(19)20/h2-9,16H,10-11H2,1H3/t16-/m0/s1. The lowest BCUT2D eigenvalue weighted by Crippen LogP contribution is -2.30. The average molecular weight is 364 g/mol. The number of aryl methyl sites for hydroxylation is 1. The maximum absolute atomic E-state index is 12.9. The van der Waals surface area contributed by atoms with E-state index < -0.39 is 14.9 Å². The highest BCUT2D eigenvalue weighted by atomic mass is 32.2. The van der Waals surface area contributed by atoms with Crippen LogP contribution in [0.15, 0.2) is 53.4 Å². The Bertz CT molecular complexity index is 849. The van der Waals surface area contributed by atoms with Gasteiger partial charge in [0.25, 0.3) is 5.69 Å². The number of hydrogen-bond donors (Lipinski definition) is 0. The van der Waals surface area contributed by atoms with E-state index in [1.54, 1.807) is 36.4 Å². The zero-order valence-electron chi connectivity index (χ0n) is 13.0. The molecule has 0 radical (unpaired) electrons. The molecule has 3 rings (SSSR count). The lowest BCUT2D eigenvalue weighted by Gasteiger charge is -2.23. The molecule has 1 aliphatic heterocycles. The summed E-state index contributed by atoms with van der Waals surface area (Å²) in [5.74, 6) is 0.687. The van der Waals surface area contributed by atoms with Gasteiger partial charge in [-0.2, -0.15) is 4.31 Å². The third kappa shape index (κ3) is 3.17. The Balaban J connectivity index is 1.92. The lowest BCUT2D eigenvalue weighted by molar-refractivity contribution is -0.384. The molecule has 24 heavy (non-hydrogen) atoms. The summed E-state index contributed by atoms with van der Waals surface area (Å²) >= 11 is 1.52. The Morgan fingerprint density at radius 3 is 2.33 bits per heavy atom. The van der Waals surface area contributed by atoms with Crippen molar-refractivity contribution in [2.75, 3.05) is 12.3 Å². The van der Waals surface area contributed by atoms with Gasteiger partial charge >= 0.3 is 0 Å². The maximum Gasteiger partial charge on any atom is 0.269 e. The number of nitro groups is 1. The SMILES string of the molecule is Cc1ccc(S(=O)(=O)N2CCS[C@H]2c2ccc([N+](=O)[O-])cc2)cc1. The number of non-ortho nitro benzene ring substituents is 1. The smallest absolute Gasteiger partial charge is 0.258 e. The summed E-state index contributed by atoms with van der Waals surface area (Å²) in [5, 5.41) is 10.4. The zero-order chi connectivity index (χ0) is 17.3. The topological polar surface area (TPSA) is 80.5 Å². The molecule has 1 saturated heterocycles. The second kappa shape index (κ2) is 6.54. The fraction of sp³-hybridized carbons (Fsp3) is 0.250. The van der Waals surface area contributed by atoms with E-state index in [2.05, 4.69) is 0 Å². The third-order valence-electron chi connectivity index (χ3n) is 3.87. The fourth-order valence-corrected chi connectivity index (χ4v) is 5.81. The van der Waals surface area contributed by atoms with Crippen LogP contribution in [0, 0.1) is 17.0 Å². The molecule has 0 N–H and O–H groups in total. The number of benzene rings is 2. The second-order valence-electron chi connectivity index (χ2n) is 5.50. The van der Waals surface area contributed by atoms with Crippen molar-refractivity contribution < 1.29 is 13.3 Å². The molecule has 1 aliphatic rings. The molecule has 2 aromatic rings. The minimum atomic E-state index is -3.60. The van der Waals surface area contributed by atoms with E-state index in [0.29, 0.717) is 12.3 Å². The summed E-state index contributed by atoms with van der Waals surface area (Å²) in [6.45, 7) is 2.32. The van der Waals surface area contributed by atoms with Gasteiger partial charge in [0.1, 0.15) is 0 Å². The minimum absolute atomic E-state index is 0.00492. The Morgan fingerprint density at radius 2 is 1.75 bits per heavy atom. The summed E-state index contributed by atoms with van der Waals surface area (Å²) in [7, 11) is -3.60. The first-order valence-electron chi connectivity index (χ1n) is 7.34. The summed E-state index contributed by atoms with van der Waals surface area (Å²) in [6.07, 6.45) is 0. The number of nitro benzene ring substituents is 1. The van der Waals surface area contributed by atoms with E-state index in [4.69, 9.17) is 0 Å². The molecule has 0 saturated carbocycles. The van der Waals surface area contributed by atoms with Crippen LogP contribution >= 0.6 is 11.8 Å². The first-order valence-corrected chi connectivity index (χ1v) is 9.83. The van der Waals surface area contributed by atoms with Gasteiger partial charge in [0.05, 0.1) is 15.2 Å². The largest absolute Gasteiger partial charge is 0.269 e. The molecule has 8 heteroatoms. The van der Waals surface area contributed by atoms with Crippen molar-refractivity contribution in [2.45, 2.75) is 17.2 Å². The van der Waals surface area contributed by atoms with Crippen LogP contribution in [0.4, 0.5) is 5.69 Å². The summed E-state index contributed by atoms with van der Waals surface area (Å²) in [4.78, 5) is 10.6. The monoisotopic (exact) mass is 364 g/mol. The molecule has 2 aromatic carbocycles. The van der Waals surface area contributed by atoms with Crippen molar-refractivity contribution in [1.29, 1.82) is 0 Å². The van der Waals surface area contributed by atoms with Gasteiger partial charge in [-0.1, -0.05) is 17.7 Å². The van der Waals surface area contributed by atoms with Gasteiger partial charge in [0, 0.05) is 24.4 Å². The van der Waals surface area contributed by atoms with Gasteiger partial charge in [0.15, 0.2) is 0 Å². The zero-order valence-corrected chi connectivity index (χ0v) is 14.6. The molecular formula is C16H16N2O4S2. The van der Waals surface area contributed by atoms with Crippen LogP contribution in [0.1, 0.15) is 16.5 Å². The predicted octanol–water partition coefficient (Wildman–Crippen LogP) is 3.34. The average Bonchev–Trinajstić information content (AvgIpc) is 3.06. The highest BCUT2D eigenvalue weighted by Gasteiger charge is 2.36. The number of rotatable bonds is 4. The summed E-state index contributed by atoms with van der Waals surface area (Å²) in [6, 6.07) is 12.8. The molecule has 126 valence electrons. The van der Waals surface area contributed by atoms with Crippen molar-refractivity contribution in [3.8, 4) is 0 Å². The number of hydrogen-bond acceptors (Lipinski definition) is 5. The normalized spacial score (nSPS) is 18.6. The van der Waals surface area contributed by atoms with Crippen LogP contribution in [0.5, 0.6) is 0 Å². The third-order valence-corrected chi connectivity index (χ3v) is 7.14. The van der Waals surface area contributed by atoms with Crippen LogP contribution in [-0.4, -0.2) is 29.9 Å². The van der Waals surface area contributed by atoms with Gasteiger partial charge in [0.2, 0.25) is 10.0 Å². The maximum atomic E-state index is 12.9. The Hall–Kier alpha value is -1.90. The first kappa shape index (κ1) is 16.9. The van der Waals surface area contributed by atoms with E-state index in [9.17, 15) is 18.5 Å². The number of sulfonamides is 1. The fourth-order valence-electron chi connectivity index (χ4n) is 2.57. The Labute approximate surface area is 144 Å². The van der Waals surface area contributed by atoms with Gasteiger partial charge in [-0.15, -0.1) is 11.8 Å². The molecule has 0 amide bonds. The van der Waals surface area contributed by atoms with Crippen molar-refractivity contribution >= 4 is 27.5 Å². The summed E-state index contributed by atoms with van der Waals surface area (Å²) in [5.41, 5.74) is 1.74. The minimum Gasteiger partial charge on any atom is -0.258 e. The molecule has 1 fully saturated rings. The Morgan fingerprint density at radius 1 is 1.12 bits per heavy atom. The van der Waals surface area contributed by atoms with E-state index in [0.717, 1.165) is 11.1 Å². The molecule has 0 bridgehead atoms. The van der Waals surface area contributed by atoms with Crippen molar-refractivity contribution in [2.24, 2.45) is 0 Å². The van der Waals surface area contributed by atoms with Crippen molar-refractivity contribution in [3.63, 3.8) is 0 Å². The quantitative estimate of drug-likeness (QED) is 0.614. The van der Waals surface area contributed by atoms with Crippen LogP contribution in [0.3, 0.4) is 0 Å². The number of thioether (sulfide) groups is 1. The molecule has 6 nitrogen and oxygen atoms in total. The molecular weight excluding hydrogens is 348 g/mol. The first-order chi connectivity index (χ1) is 11.4. The molecule has 0 unspecified atom stereocenters. The van der Waals surface area contributed by atoms with E-state index in [1.807, 2.05) is 6.92 Å². The molecule has 1 heterocycles. The second-order valence-corrected chi connectivity index (χ2v) is 8.58. The number of nitrogens with zero attached hydrogens (tertiary/aromatic N) is 2. The molecule has 0 aliphatic carbocycles. The van der Waals surface area contributed by atoms with Crippen molar-refractivity contribution in [3.05, 3.63) is 69.8 Å². The molecule has 0 aromatic heterocycles. The Kier molecular flexibility index (Phi) is 4.62. The molecule has 1 atom stereocenters. The van der Waals surface area contributed by atoms with E-state index >= 15 is 0 Å². The van der Waals surface area contributed by atoms with Crippen LogP contribution in [0.2, 0.25) is 0 Å². The van der Waals surface area contributed by atoms with E-state index in [1.165, 1.54) is 28.2 Å². The highest BCUT2D eigenvalue weighted by Crippen LogP contribution is 2.41. The van der Waals surface area contributed by atoms with Crippen LogP contribution in [-0.2, 0) is 10.0 Å². The molecule has 0 spiro atoms. The van der Waals surface area contributed by atoms with Crippen LogP contribution in [0.25, 0.3) is 0 Å². The van der Waals surface area contributed by atoms with Gasteiger partial charge in [-0.3, -0.25) is 10.1 Å². The highest BCUT2D eigenvalue weighted by molar-refractivity contribution is 8.01. The van der Waals surface area contributed by atoms with Crippen LogP contribution < -0.4 is 0 Å².